The van der Waals surface area contributed by atoms with E-state index in [2.05, 4.69) is 28.2 Å². The lowest BCUT2D eigenvalue weighted by Gasteiger charge is -2.11. The van der Waals surface area contributed by atoms with E-state index in [0.29, 0.717) is 6.54 Å². The molecule has 3 rings (SSSR count). The van der Waals surface area contributed by atoms with E-state index in [-0.39, 0.29) is 5.91 Å². The number of amides is 1. The van der Waals surface area contributed by atoms with E-state index < -0.39 is 0 Å². The number of carbonyl (C=O) groups is 1. The van der Waals surface area contributed by atoms with Gasteiger partial charge in [0.25, 0.3) is 0 Å². The van der Waals surface area contributed by atoms with Crippen LogP contribution in [0.1, 0.15) is 11.1 Å². The number of aryl methyl sites for hydroxylation is 2. The van der Waals surface area contributed by atoms with Gasteiger partial charge in [0, 0.05) is 16.2 Å². The Morgan fingerprint density at radius 1 is 1.14 bits per heavy atom. The number of nitrogens with one attached hydrogen (secondary N) is 1. The molecular formula is C18H17BrN2O. The van der Waals surface area contributed by atoms with Crippen molar-refractivity contribution < 1.29 is 4.79 Å². The zero-order chi connectivity index (χ0) is 15.7. The number of hydrogen-bond donors (Lipinski definition) is 1. The molecule has 0 radical (unpaired) electrons. The highest BCUT2D eigenvalue weighted by Crippen LogP contribution is 2.26. The highest BCUT2D eigenvalue weighted by Gasteiger charge is 2.09. The van der Waals surface area contributed by atoms with Crippen molar-refractivity contribution in [1.82, 2.24) is 4.57 Å². The number of anilines is 1. The SMILES string of the molecule is Cc1cc(Br)c(NC(=O)Cn2ccc3ccccc32)cc1C. The molecule has 2 aromatic carbocycles. The van der Waals surface area contributed by atoms with Gasteiger partial charge in [0.15, 0.2) is 0 Å². The predicted molar refractivity (Wildman–Crippen MR) is 94.2 cm³/mol. The number of rotatable bonds is 3. The molecule has 0 spiro atoms. The maximum Gasteiger partial charge on any atom is 0.244 e. The molecule has 112 valence electrons. The van der Waals surface area contributed by atoms with Gasteiger partial charge in [0.1, 0.15) is 6.54 Å². The molecule has 0 aliphatic rings. The third-order valence-corrected chi connectivity index (χ3v) is 4.51. The summed E-state index contributed by atoms with van der Waals surface area (Å²) in [6.07, 6.45) is 1.94. The van der Waals surface area contributed by atoms with Gasteiger partial charge in [-0.25, -0.2) is 0 Å². The standard InChI is InChI=1S/C18H17BrN2O/c1-12-9-15(19)16(10-13(12)2)20-18(22)11-21-8-7-14-5-3-4-6-17(14)21/h3-10H,11H2,1-2H3,(H,20,22). The summed E-state index contributed by atoms with van der Waals surface area (Å²) in [7, 11) is 0. The van der Waals surface area contributed by atoms with Gasteiger partial charge in [-0.05, 0) is 70.6 Å². The maximum absolute atomic E-state index is 12.3. The summed E-state index contributed by atoms with van der Waals surface area (Å²) in [5, 5.41) is 4.12. The fourth-order valence-corrected chi connectivity index (χ4v) is 3.06. The van der Waals surface area contributed by atoms with Crippen molar-refractivity contribution in [1.29, 1.82) is 0 Å². The first-order valence-electron chi connectivity index (χ1n) is 7.15. The van der Waals surface area contributed by atoms with Crippen LogP contribution in [0, 0.1) is 13.8 Å². The first-order valence-corrected chi connectivity index (χ1v) is 7.94. The summed E-state index contributed by atoms with van der Waals surface area (Å²) in [4.78, 5) is 12.3. The van der Waals surface area contributed by atoms with Crippen LogP contribution in [0.2, 0.25) is 0 Å². The number of benzene rings is 2. The Morgan fingerprint density at radius 3 is 2.68 bits per heavy atom. The average molecular weight is 357 g/mol. The third-order valence-electron chi connectivity index (χ3n) is 3.85. The quantitative estimate of drug-likeness (QED) is 0.727. The molecule has 1 N–H and O–H groups in total. The Bertz CT molecular complexity index is 851. The number of aromatic nitrogens is 1. The molecule has 0 unspecified atom stereocenters. The number of halogens is 1. The summed E-state index contributed by atoms with van der Waals surface area (Å²) in [5.41, 5.74) is 4.23. The van der Waals surface area contributed by atoms with Crippen LogP contribution in [0.5, 0.6) is 0 Å². The molecule has 3 aromatic rings. The predicted octanol–water partition coefficient (Wildman–Crippen LogP) is 4.66. The van der Waals surface area contributed by atoms with Crippen LogP contribution in [0.3, 0.4) is 0 Å². The second kappa shape index (κ2) is 5.97. The molecule has 3 nitrogen and oxygen atoms in total. The van der Waals surface area contributed by atoms with Crippen LogP contribution in [-0.4, -0.2) is 10.5 Å². The number of hydrogen-bond acceptors (Lipinski definition) is 1. The highest BCUT2D eigenvalue weighted by atomic mass is 79.9. The Hall–Kier alpha value is -2.07. The normalized spacial score (nSPS) is 10.9. The topological polar surface area (TPSA) is 34.0 Å². The Balaban J connectivity index is 1.80. The first kappa shape index (κ1) is 14.9. The molecular weight excluding hydrogens is 340 g/mol. The fourth-order valence-electron chi connectivity index (χ4n) is 2.50. The summed E-state index contributed by atoms with van der Waals surface area (Å²) in [6, 6.07) is 14.1. The lowest BCUT2D eigenvalue weighted by molar-refractivity contribution is -0.116. The van der Waals surface area contributed by atoms with Crippen molar-refractivity contribution in [3.05, 3.63) is 64.3 Å². The molecule has 0 saturated heterocycles. The Labute approximate surface area is 138 Å². The van der Waals surface area contributed by atoms with E-state index in [4.69, 9.17) is 0 Å². The van der Waals surface area contributed by atoms with Crippen LogP contribution in [-0.2, 0) is 11.3 Å². The van der Waals surface area contributed by atoms with Gasteiger partial charge in [-0.1, -0.05) is 18.2 Å². The third kappa shape index (κ3) is 2.92. The van der Waals surface area contributed by atoms with E-state index in [1.165, 1.54) is 5.56 Å². The van der Waals surface area contributed by atoms with E-state index in [1.807, 2.05) is 60.2 Å². The monoisotopic (exact) mass is 356 g/mol. The molecule has 0 aliphatic carbocycles. The van der Waals surface area contributed by atoms with Crippen LogP contribution >= 0.6 is 15.9 Å². The number of nitrogens with zero attached hydrogens (tertiary/aromatic N) is 1. The maximum atomic E-state index is 12.3. The lowest BCUT2D eigenvalue weighted by Crippen LogP contribution is -2.18. The van der Waals surface area contributed by atoms with Gasteiger partial charge in [-0.3, -0.25) is 4.79 Å². The molecule has 0 saturated carbocycles. The summed E-state index contributed by atoms with van der Waals surface area (Å²) in [6.45, 7) is 4.39. The highest BCUT2D eigenvalue weighted by molar-refractivity contribution is 9.10. The van der Waals surface area contributed by atoms with Gasteiger partial charge < -0.3 is 9.88 Å². The van der Waals surface area contributed by atoms with E-state index in [1.54, 1.807) is 0 Å². The molecule has 4 heteroatoms. The van der Waals surface area contributed by atoms with Gasteiger partial charge in [0.05, 0.1) is 5.69 Å². The molecule has 0 fully saturated rings. The average Bonchev–Trinajstić information content (AvgIpc) is 2.88. The van der Waals surface area contributed by atoms with Crippen LogP contribution < -0.4 is 5.32 Å². The zero-order valence-corrected chi connectivity index (χ0v) is 14.1. The van der Waals surface area contributed by atoms with Gasteiger partial charge in [0.2, 0.25) is 5.91 Å². The van der Waals surface area contributed by atoms with Gasteiger partial charge in [-0.15, -0.1) is 0 Å². The largest absolute Gasteiger partial charge is 0.338 e. The minimum atomic E-state index is -0.0368. The summed E-state index contributed by atoms with van der Waals surface area (Å²) < 4.78 is 2.86. The van der Waals surface area contributed by atoms with Crippen molar-refractivity contribution in [2.45, 2.75) is 20.4 Å². The van der Waals surface area contributed by atoms with Crippen LogP contribution in [0.15, 0.2) is 53.1 Å². The molecule has 0 aliphatic heterocycles. The van der Waals surface area contributed by atoms with Crippen LogP contribution in [0.4, 0.5) is 5.69 Å². The zero-order valence-electron chi connectivity index (χ0n) is 12.6. The first-order chi connectivity index (χ1) is 10.5. The molecule has 1 aromatic heterocycles. The molecule has 0 bridgehead atoms. The summed E-state index contributed by atoms with van der Waals surface area (Å²) in [5.74, 6) is -0.0368. The van der Waals surface area contributed by atoms with E-state index in [9.17, 15) is 4.79 Å². The van der Waals surface area contributed by atoms with E-state index >= 15 is 0 Å². The smallest absolute Gasteiger partial charge is 0.244 e. The van der Waals surface area contributed by atoms with Crippen molar-refractivity contribution in [3.63, 3.8) is 0 Å². The second-order valence-electron chi connectivity index (χ2n) is 5.47. The van der Waals surface area contributed by atoms with Gasteiger partial charge >= 0.3 is 0 Å². The Kier molecular flexibility index (Phi) is 4.03. The number of carbonyl (C=O) groups excluding carboxylic acids is 1. The van der Waals surface area contributed by atoms with Crippen molar-refractivity contribution in [2.75, 3.05) is 5.32 Å². The summed E-state index contributed by atoms with van der Waals surface area (Å²) >= 11 is 3.51. The molecule has 1 heterocycles. The molecule has 1 amide bonds. The molecule has 22 heavy (non-hydrogen) atoms. The molecule has 0 atom stereocenters. The minimum absolute atomic E-state index is 0.0368. The van der Waals surface area contributed by atoms with Crippen molar-refractivity contribution >= 4 is 38.4 Å². The minimum Gasteiger partial charge on any atom is -0.338 e. The van der Waals surface area contributed by atoms with Crippen molar-refractivity contribution in [2.24, 2.45) is 0 Å². The fraction of sp³-hybridized carbons (Fsp3) is 0.167. The number of para-hydroxylation sites is 1. The van der Waals surface area contributed by atoms with E-state index in [0.717, 1.165) is 26.6 Å². The number of fused-ring (bicyclic) bond motifs is 1. The van der Waals surface area contributed by atoms with Gasteiger partial charge in [-0.2, -0.15) is 0 Å². The van der Waals surface area contributed by atoms with Crippen LogP contribution in [0.25, 0.3) is 10.9 Å². The second-order valence-corrected chi connectivity index (χ2v) is 6.32. The Morgan fingerprint density at radius 2 is 1.86 bits per heavy atom. The van der Waals surface area contributed by atoms with Crippen molar-refractivity contribution in [3.8, 4) is 0 Å². The lowest BCUT2D eigenvalue weighted by atomic mass is 10.1.